The first-order valence-electron chi connectivity index (χ1n) is 11.1. The number of hydrogen-bond donors (Lipinski definition) is 1. The number of benzene rings is 2. The highest BCUT2D eigenvalue weighted by Gasteiger charge is 2.19. The van der Waals surface area contributed by atoms with Gasteiger partial charge in [0.2, 0.25) is 5.89 Å². The molecule has 0 saturated heterocycles. The number of aryl methyl sites for hydroxylation is 2. The van der Waals surface area contributed by atoms with Gasteiger partial charge < -0.3 is 14.3 Å². The number of carbonyl (C=O) groups is 1. The minimum Gasteiger partial charge on any atom is -0.481 e. The summed E-state index contributed by atoms with van der Waals surface area (Å²) in [6.07, 6.45) is 1.31. The lowest BCUT2D eigenvalue weighted by atomic mass is 10.1. The summed E-state index contributed by atoms with van der Waals surface area (Å²) in [6.45, 7) is 7.61. The summed E-state index contributed by atoms with van der Waals surface area (Å²) in [7, 11) is 0. The van der Waals surface area contributed by atoms with E-state index >= 15 is 0 Å². The van der Waals surface area contributed by atoms with Crippen LogP contribution >= 0.6 is 11.6 Å². The first-order chi connectivity index (χ1) is 16.2. The topological polar surface area (TPSA) is 98.3 Å². The minimum atomic E-state index is -1.02. The Labute approximate surface area is 202 Å². The smallest absolute Gasteiger partial charge is 0.341 e. The zero-order chi connectivity index (χ0) is 24.4. The number of oxazole rings is 1. The summed E-state index contributed by atoms with van der Waals surface area (Å²) in [5.74, 6) is 1.02. The molecule has 0 bridgehead atoms. The second-order valence-corrected chi connectivity index (χ2v) is 9.22. The van der Waals surface area contributed by atoms with Crippen LogP contribution in [0.3, 0.4) is 0 Å². The summed E-state index contributed by atoms with van der Waals surface area (Å²) < 4.78 is 11.5. The maximum absolute atomic E-state index is 10.9. The first-order valence-corrected chi connectivity index (χ1v) is 11.4. The van der Waals surface area contributed by atoms with E-state index < -0.39 is 12.6 Å². The summed E-state index contributed by atoms with van der Waals surface area (Å²) in [6, 6.07) is 11.4. The van der Waals surface area contributed by atoms with Crippen molar-refractivity contribution in [1.29, 1.82) is 0 Å². The Morgan fingerprint density at radius 2 is 1.76 bits per heavy atom. The molecule has 0 unspecified atom stereocenters. The fourth-order valence-corrected chi connectivity index (χ4v) is 4.00. The van der Waals surface area contributed by atoms with Crippen LogP contribution in [-0.2, 0) is 17.6 Å². The van der Waals surface area contributed by atoms with E-state index in [0.29, 0.717) is 46.1 Å². The summed E-state index contributed by atoms with van der Waals surface area (Å²) in [5, 5.41) is 9.60. The second-order valence-electron chi connectivity index (χ2n) is 8.78. The van der Waals surface area contributed by atoms with Crippen LogP contribution in [-0.4, -0.2) is 32.6 Å². The normalized spacial score (nSPS) is 11.4. The van der Waals surface area contributed by atoms with Crippen molar-refractivity contribution in [3.63, 3.8) is 0 Å². The zero-order valence-corrected chi connectivity index (χ0v) is 20.3. The average molecular weight is 480 g/mol. The highest BCUT2D eigenvalue weighted by Crippen LogP contribution is 2.32. The molecule has 0 atom stereocenters. The number of aromatic nitrogens is 3. The third kappa shape index (κ3) is 5.37. The number of carboxylic acid groups (broad SMARTS) is 1. The van der Waals surface area contributed by atoms with E-state index in [4.69, 9.17) is 35.8 Å². The number of nitrogens with zero attached hydrogens (tertiary/aromatic N) is 3. The Balaban J connectivity index is 1.73. The van der Waals surface area contributed by atoms with Gasteiger partial charge >= 0.3 is 5.97 Å². The molecule has 176 valence electrons. The van der Waals surface area contributed by atoms with Crippen LogP contribution in [0, 0.1) is 19.8 Å². The van der Waals surface area contributed by atoms with E-state index in [-0.39, 0.29) is 0 Å². The van der Waals surface area contributed by atoms with E-state index in [9.17, 15) is 4.79 Å². The van der Waals surface area contributed by atoms with Crippen LogP contribution in [0.2, 0.25) is 5.02 Å². The van der Waals surface area contributed by atoms with Crippen LogP contribution in [0.4, 0.5) is 0 Å². The van der Waals surface area contributed by atoms with Crippen molar-refractivity contribution < 1.29 is 19.1 Å². The van der Waals surface area contributed by atoms with Crippen molar-refractivity contribution in [1.82, 2.24) is 15.0 Å². The number of halogens is 1. The Bertz CT molecular complexity index is 1320. The van der Waals surface area contributed by atoms with Crippen LogP contribution in [0.5, 0.6) is 5.75 Å². The fourth-order valence-electron chi connectivity index (χ4n) is 3.88. The summed E-state index contributed by atoms with van der Waals surface area (Å²) >= 11 is 6.01. The van der Waals surface area contributed by atoms with Crippen molar-refractivity contribution in [3.05, 3.63) is 69.6 Å². The van der Waals surface area contributed by atoms with Crippen LogP contribution in [0.25, 0.3) is 22.7 Å². The van der Waals surface area contributed by atoms with Gasteiger partial charge in [0.15, 0.2) is 12.1 Å². The molecular weight excluding hydrogens is 454 g/mol. The molecule has 0 amide bonds. The second kappa shape index (κ2) is 9.81. The number of ether oxygens (including phenoxy) is 1. The summed E-state index contributed by atoms with van der Waals surface area (Å²) in [5.41, 5.74) is 5.39. The van der Waals surface area contributed by atoms with E-state index in [0.717, 1.165) is 34.4 Å². The molecular formula is C26H26ClN3O4. The molecule has 1 N–H and O–H groups in total. The average Bonchev–Trinajstić information content (AvgIpc) is 3.19. The molecule has 4 aromatic rings. The molecule has 0 radical (unpaired) electrons. The lowest BCUT2D eigenvalue weighted by molar-refractivity contribution is -0.139. The Kier molecular flexibility index (Phi) is 6.84. The van der Waals surface area contributed by atoms with Gasteiger partial charge in [0, 0.05) is 17.0 Å². The lowest BCUT2D eigenvalue weighted by Gasteiger charge is -2.11. The van der Waals surface area contributed by atoms with Gasteiger partial charge in [0.25, 0.3) is 5.71 Å². The number of carboxylic acids is 1. The molecule has 0 aliphatic rings. The van der Waals surface area contributed by atoms with Gasteiger partial charge in [-0.15, -0.1) is 0 Å². The number of hydrogen-bond acceptors (Lipinski definition) is 6. The molecule has 34 heavy (non-hydrogen) atoms. The number of fused-ring (bicyclic) bond motifs is 1. The monoisotopic (exact) mass is 479 g/mol. The van der Waals surface area contributed by atoms with E-state index in [1.807, 2.05) is 50.2 Å². The van der Waals surface area contributed by atoms with Crippen molar-refractivity contribution in [2.75, 3.05) is 6.61 Å². The van der Waals surface area contributed by atoms with Gasteiger partial charge in [-0.1, -0.05) is 37.6 Å². The quantitative estimate of drug-likeness (QED) is 0.340. The van der Waals surface area contributed by atoms with Gasteiger partial charge in [-0.3, -0.25) is 0 Å². The molecule has 0 saturated carbocycles. The van der Waals surface area contributed by atoms with E-state index in [1.165, 1.54) is 0 Å². The molecule has 7 nitrogen and oxygen atoms in total. The van der Waals surface area contributed by atoms with Crippen molar-refractivity contribution in [3.8, 4) is 17.2 Å². The standard InChI is InChI=1S/C26H26ClN3O4/c1-14(2)9-20-23-26(29-21(28-20)12-17-5-7-19(27)8-6-17)34-25(30-23)18-10-15(3)24(16(4)11-18)33-13-22(31)32/h5-8,10-11,14H,9,12-13H2,1-4H3,(H,31,32). The highest BCUT2D eigenvalue weighted by atomic mass is 35.5. The first kappa shape index (κ1) is 23.7. The van der Waals surface area contributed by atoms with Crippen molar-refractivity contribution in [2.24, 2.45) is 5.92 Å². The molecule has 0 aliphatic heterocycles. The molecule has 2 aromatic carbocycles. The van der Waals surface area contributed by atoms with Gasteiger partial charge in [-0.2, -0.15) is 4.98 Å². The third-order valence-corrected chi connectivity index (χ3v) is 5.55. The Morgan fingerprint density at radius 1 is 1.09 bits per heavy atom. The maximum Gasteiger partial charge on any atom is 0.341 e. The Morgan fingerprint density at radius 3 is 2.38 bits per heavy atom. The van der Waals surface area contributed by atoms with E-state index in [1.54, 1.807) is 0 Å². The van der Waals surface area contributed by atoms with Crippen molar-refractivity contribution >= 4 is 28.8 Å². The largest absolute Gasteiger partial charge is 0.481 e. The molecule has 2 heterocycles. The fraction of sp³-hybridized carbons (Fsp3) is 0.308. The van der Waals surface area contributed by atoms with Gasteiger partial charge in [0.05, 0.1) is 5.69 Å². The molecule has 0 fully saturated rings. The van der Waals surface area contributed by atoms with Crippen LogP contribution in [0.1, 0.15) is 42.1 Å². The SMILES string of the molecule is Cc1cc(-c2nc3c(CC(C)C)nc(Cc4ccc(Cl)cc4)nc3o2)cc(C)c1OCC(=O)O. The van der Waals surface area contributed by atoms with Crippen LogP contribution in [0.15, 0.2) is 40.8 Å². The lowest BCUT2D eigenvalue weighted by Crippen LogP contribution is -2.11. The van der Waals surface area contributed by atoms with Crippen molar-refractivity contribution in [2.45, 2.75) is 40.5 Å². The molecule has 2 aromatic heterocycles. The number of aliphatic carboxylic acids is 1. The van der Waals surface area contributed by atoms with E-state index in [2.05, 4.69) is 18.8 Å². The highest BCUT2D eigenvalue weighted by molar-refractivity contribution is 6.30. The van der Waals surface area contributed by atoms with Gasteiger partial charge in [0.1, 0.15) is 11.6 Å². The third-order valence-electron chi connectivity index (χ3n) is 5.30. The minimum absolute atomic E-state index is 0.386. The number of rotatable bonds is 8. The van der Waals surface area contributed by atoms with Crippen LogP contribution < -0.4 is 4.74 Å². The molecule has 4 rings (SSSR count). The molecule has 0 aliphatic carbocycles. The zero-order valence-electron chi connectivity index (χ0n) is 19.6. The predicted molar refractivity (Wildman–Crippen MR) is 130 cm³/mol. The molecule has 8 heteroatoms. The maximum atomic E-state index is 10.9. The summed E-state index contributed by atoms with van der Waals surface area (Å²) in [4.78, 5) is 25.1. The predicted octanol–water partition coefficient (Wildman–Crippen LogP) is 5.81. The Hall–Kier alpha value is -3.45. The molecule has 0 spiro atoms. The van der Waals surface area contributed by atoms with Gasteiger partial charge in [-0.25, -0.2) is 14.8 Å². The van der Waals surface area contributed by atoms with Gasteiger partial charge in [-0.05, 0) is 67.1 Å².